The van der Waals surface area contributed by atoms with Crippen LogP contribution in [0.4, 0.5) is 0 Å². The smallest absolute Gasteiger partial charge is 0.163 e. The largest absolute Gasteiger partial charge is 0.317 e. The van der Waals surface area contributed by atoms with Crippen LogP contribution in [-0.4, -0.2) is 14.8 Å². The zero-order chi connectivity index (χ0) is 9.26. The van der Waals surface area contributed by atoms with Crippen molar-refractivity contribution in [3.63, 3.8) is 0 Å². The van der Waals surface area contributed by atoms with Gasteiger partial charge in [-0.3, -0.25) is 0 Å². The van der Waals surface area contributed by atoms with Gasteiger partial charge in [-0.15, -0.1) is 10.2 Å². The average molecular weight is 194 g/mol. The first kappa shape index (κ1) is 8.26. The molecule has 0 aliphatic rings. The fourth-order valence-corrected chi connectivity index (χ4v) is 1.27. The molecule has 1 aromatic heterocycles. The molecule has 0 unspecified atom stereocenters. The van der Waals surface area contributed by atoms with Gasteiger partial charge in [-0.2, -0.15) is 0 Å². The highest BCUT2D eigenvalue weighted by atomic mass is 35.5. The molecule has 0 saturated carbocycles. The lowest BCUT2D eigenvalue weighted by atomic mass is 10.2. The van der Waals surface area contributed by atoms with Crippen LogP contribution in [0.25, 0.3) is 11.4 Å². The van der Waals surface area contributed by atoms with Gasteiger partial charge in [-0.05, 0) is 24.3 Å². The van der Waals surface area contributed by atoms with E-state index in [9.17, 15) is 0 Å². The van der Waals surface area contributed by atoms with Crippen LogP contribution in [0.5, 0.6) is 0 Å². The van der Waals surface area contributed by atoms with E-state index < -0.39 is 0 Å². The van der Waals surface area contributed by atoms with Gasteiger partial charge < -0.3 is 4.57 Å². The second-order valence-corrected chi connectivity index (χ2v) is 3.21. The molecular weight excluding hydrogens is 186 g/mol. The zero-order valence-electron chi connectivity index (χ0n) is 7.11. The fourth-order valence-electron chi connectivity index (χ4n) is 1.14. The number of benzene rings is 1. The van der Waals surface area contributed by atoms with Crippen molar-refractivity contribution in [1.29, 1.82) is 0 Å². The summed E-state index contributed by atoms with van der Waals surface area (Å²) in [5.74, 6) is 0.844. The third-order valence-electron chi connectivity index (χ3n) is 1.81. The maximum Gasteiger partial charge on any atom is 0.163 e. The number of halogens is 1. The van der Waals surface area contributed by atoms with Crippen LogP contribution in [0.2, 0.25) is 5.02 Å². The topological polar surface area (TPSA) is 30.7 Å². The number of rotatable bonds is 1. The summed E-state index contributed by atoms with van der Waals surface area (Å²) >= 11 is 5.77. The van der Waals surface area contributed by atoms with Crippen molar-refractivity contribution in [3.8, 4) is 11.4 Å². The maximum atomic E-state index is 5.77. The summed E-state index contributed by atoms with van der Waals surface area (Å²) in [6.45, 7) is 0. The molecule has 0 aliphatic carbocycles. The number of aromatic nitrogens is 3. The van der Waals surface area contributed by atoms with E-state index >= 15 is 0 Å². The number of hydrogen-bond donors (Lipinski definition) is 0. The third kappa shape index (κ3) is 1.55. The molecular formula is C9H8ClN3. The molecule has 0 N–H and O–H groups in total. The van der Waals surface area contributed by atoms with Crippen molar-refractivity contribution < 1.29 is 0 Å². The van der Waals surface area contributed by atoms with Crippen molar-refractivity contribution in [3.05, 3.63) is 35.6 Å². The minimum atomic E-state index is 0.728. The Morgan fingerprint density at radius 3 is 2.46 bits per heavy atom. The highest BCUT2D eigenvalue weighted by molar-refractivity contribution is 6.30. The molecule has 13 heavy (non-hydrogen) atoms. The Kier molecular flexibility index (Phi) is 2.02. The second-order valence-electron chi connectivity index (χ2n) is 2.77. The Balaban J connectivity index is 2.47. The maximum absolute atomic E-state index is 5.77. The monoisotopic (exact) mass is 193 g/mol. The summed E-state index contributed by atoms with van der Waals surface area (Å²) in [4.78, 5) is 0. The lowest BCUT2D eigenvalue weighted by molar-refractivity contribution is 0.920. The molecule has 0 bridgehead atoms. The van der Waals surface area contributed by atoms with Crippen molar-refractivity contribution >= 4 is 11.6 Å². The van der Waals surface area contributed by atoms with Gasteiger partial charge in [0.05, 0.1) is 0 Å². The van der Waals surface area contributed by atoms with Crippen LogP contribution in [0.3, 0.4) is 0 Å². The average Bonchev–Trinajstić information content (AvgIpc) is 2.53. The lowest BCUT2D eigenvalue weighted by Crippen LogP contribution is -1.90. The van der Waals surface area contributed by atoms with Crippen molar-refractivity contribution in [1.82, 2.24) is 14.8 Å². The highest BCUT2D eigenvalue weighted by Gasteiger charge is 2.02. The summed E-state index contributed by atoms with van der Waals surface area (Å²) in [5, 5.41) is 8.51. The van der Waals surface area contributed by atoms with Crippen LogP contribution >= 0.6 is 11.6 Å². The molecule has 0 radical (unpaired) electrons. The molecule has 0 atom stereocenters. The van der Waals surface area contributed by atoms with Gasteiger partial charge in [0, 0.05) is 17.6 Å². The Morgan fingerprint density at radius 1 is 1.23 bits per heavy atom. The molecule has 0 fully saturated rings. The molecule has 4 heteroatoms. The van der Waals surface area contributed by atoms with E-state index in [4.69, 9.17) is 11.6 Å². The summed E-state index contributed by atoms with van der Waals surface area (Å²) in [5.41, 5.74) is 1.02. The summed E-state index contributed by atoms with van der Waals surface area (Å²) in [7, 11) is 1.91. The number of aryl methyl sites for hydroxylation is 1. The molecule has 2 rings (SSSR count). The molecule has 0 amide bonds. The zero-order valence-corrected chi connectivity index (χ0v) is 7.86. The summed E-state index contributed by atoms with van der Waals surface area (Å²) < 4.78 is 1.86. The van der Waals surface area contributed by atoms with Crippen LogP contribution in [0.15, 0.2) is 30.6 Å². The molecule has 0 spiro atoms. The first-order chi connectivity index (χ1) is 6.27. The van der Waals surface area contributed by atoms with E-state index in [1.165, 1.54) is 0 Å². The van der Waals surface area contributed by atoms with Crippen molar-refractivity contribution in [2.75, 3.05) is 0 Å². The Labute approximate surface area is 81.0 Å². The van der Waals surface area contributed by atoms with Crippen molar-refractivity contribution in [2.24, 2.45) is 7.05 Å². The van der Waals surface area contributed by atoms with Gasteiger partial charge in [-0.25, -0.2) is 0 Å². The summed E-state index contributed by atoms with van der Waals surface area (Å²) in [6, 6.07) is 7.52. The number of hydrogen-bond acceptors (Lipinski definition) is 2. The van der Waals surface area contributed by atoms with E-state index in [0.29, 0.717) is 0 Å². The van der Waals surface area contributed by atoms with Crippen LogP contribution in [-0.2, 0) is 7.05 Å². The van der Waals surface area contributed by atoms with Crippen molar-refractivity contribution in [2.45, 2.75) is 0 Å². The van der Waals surface area contributed by atoms with Crippen LogP contribution in [0.1, 0.15) is 0 Å². The van der Waals surface area contributed by atoms with Crippen LogP contribution in [0, 0.1) is 0 Å². The highest BCUT2D eigenvalue weighted by Crippen LogP contribution is 2.18. The third-order valence-corrected chi connectivity index (χ3v) is 2.07. The van der Waals surface area contributed by atoms with Gasteiger partial charge in [0.1, 0.15) is 6.33 Å². The second kappa shape index (κ2) is 3.18. The van der Waals surface area contributed by atoms with Gasteiger partial charge in [0.2, 0.25) is 0 Å². The first-order valence-corrected chi connectivity index (χ1v) is 4.25. The van der Waals surface area contributed by atoms with E-state index in [2.05, 4.69) is 10.2 Å². The molecule has 1 heterocycles. The minimum absolute atomic E-state index is 0.728. The molecule has 2 aromatic rings. The van der Waals surface area contributed by atoms with E-state index in [-0.39, 0.29) is 0 Å². The predicted octanol–water partition coefficient (Wildman–Crippen LogP) is 2.14. The molecule has 66 valence electrons. The summed E-state index contributed by atoms with van der Waals surface area (Å²) in [6.07, 6.45) is 1.67. The van der Waals surface area contributed by atoms with Crippen LogP contribution < -0.4 is 0 Å². The standard InChI is InChI=1S/C9H8ClN3/c1-13-6-11-12-9(13)7-2-4-8(10)5-3-7/h2-6H,1H3. The molecule has 0 saturated heterocycles. The minimum Gasteiger partial charge on any atom is -0.317 e. The van der Waals surface area contributed by atoms with Gasteiger partial charge in [0.15, 0.2) is 5.82 Å². The predicted molar refractivity (Wildman–Crippen MR) is 51.4 cm³/mol. The SMILES string of the molecule is Cn1cnnc1-c1ccc(Cl)cc1. The fraction of sp³-hybridized carbons (Fsp3) is 0.111. The normalized spacial score (nSPS) is 10.3. The number of nitrogens with zero attached hydrogens (tertiary/aromatic N) is 3. The molecule has 1 aromatic carbocycles. The first-order valence-electron chi connectivity index (χ1n) is 3.87. The lowest BCUT2D eigenvalue weighted by Gasteiger charge is -1.99. The molecule has 0 aliphatic heterocycles. The Bertz CT molecular complexity index is 405. The van der Waals surface area contributed by atoms with Gasteiger partial charge in [-0.1, -0.05) is 11.6 Å². The van der Waals surface area contributed by atoms with Gasteiger partial charge in [0.25, 0.3) is 0 Å². The van der Waals surface area contributed by atoms with E-state index in [0.717, 1.165) is 16.4 Å². The van der Waals surface area contributed by atoms with E-state index in [1.807, 2.05) is 35.9 Å². The Morgan fingerprint density at radius 2 is 1.92 bits per heavy atom. The van der Waals surface area contributed by atoms with Gasteiger partial charge >= 0.3 is 0 Å². The quantitative estimate of drug-likeness (QED) is 0.695. The van der Waals surface area contributed by atoms with E-state index in [1.54, 1.807) is 6.33 Å². The molecule has 3 nitrogen and oxygen atoms in total. The Hall–Kier alpha value is -1.35.